The number of nitrogens with two attached hydrogens (primary N) is 1. The molecule has 0 fully saturated rings. The summed E-state index contributed by atoms with van der Waals surface area (Å²) in [5, 5.41) is 3.80. The zero-order valence-electron chi connectivity index (χ0n) is 17.3. The van der Waals surface area contributed by atoms with E-state index in [-0.39, 0.29) is 23.7 Å². The van der Waals surface area contributed by atoms with E-state index in [1.165, 1.54) is 30.1 Å². The van der Waals surface area contributed by atoms with Gasteiger partial charge in [0.15, 0.2) is 22.5 Å². The van der Waals surface area contributed by atoms with Gasteiger partial charge in [-0.15, -0.1) is 0 Å². The van der Waals surface area contributed by atoms with Crippen molar-refractivity contribution < 1.29 is 22.4 Å². The third kappa shape index (κ3) is 4.90. The lowest BCUT2D eigenvalue weighted by Gasteiger charge is -2.30. The summed E-state index contributed by atoms with van der Waals surface area (Å²) in [6.45, 7) is 1.80. The number of hydrogen-bond acceptors (Lipinski definition) is 7. The van der Waals surface area contributed by atoms with Crippen LogP contribution in [0, 0.1) is 5.82 Å². The molecule has 1 atom stereocenters. The molecule has 0 radical (unpaired) electrons. The van der Waals surface area contributed by atoms with Gasteiger partial charge in [-0.3, -0.25) is 9.79 Å². The Balaban J connectivity index is 1.52. The van der Waals surface area contributed by atoms with E-state index in [4.69, 9.17) is 5.73 Å². The standard InChI is InChI=1S/C21H18F4N6OS/c1-20(5-7-33-19(26)29-20)13-8-12(2-3-14(13)22)9-16(32)15-10-28-18(11-27-15)31-6-4-17(30-31)21(23,24)25/h2-4,6,8,10-11H,5,7,9H2,1H3,(H2,26,29)/t20-/m0/s1. The Labute approximate surface area is 190 Å². The highest BCUT2D eigenvalue weighted by Crippen LogP contribution is 2.37. The van der Waals surface area contributed by atoms with Gasteiger partial charge in [-0.1, -0.05) is 17.8 Å². The molecule has 0 unspecified atom stereocenters. The molecule has 1 aromatic carbocycles. The van der Waals surface area contributed by atoms with Crippen LogP contribution in [0.15, 0.2) is 47.8 Å². The number of carbonyl (C=O) groups is 1. The Hall–Kier alpha value is -3.28. The molecule has 4 rings (SSSR count). The molecule has 3 aromatic rings. The minimum atomic E-state index is -4.58. The Morgan fingerprint density at radius 3 is 2.67 bits per heavy atom. The fraction of sp³-hybridized carbons (Fsp3) is 0.286. The molecule has 0 aliphatic carbocycles. The van der Waals surface area contributed by atoms with Crippen LogP contribution in [0.1, 0.15) is 40.7 Å². The van der Waals surface area contributed by atoms with Crippen LogP contribution >= 0.6 is 11.8 Å². The van der Waals surface area contributed by atoms with E-state index in [1.54, 1.807) is 13.0 Å². The fourth-order valence-corrected chi connectivity index (χ4v) is 4.41. The van der Waals surface area contributed by atoms with Crippen molar-refractivity contribution in [3.63, 3.8) is 0 Å². The van der Waals surface area contributed by atoms with Gasteiger partial charge < -0.3 is 5.73 Å². The maximum Gasteiger partial charge on any atom is 0.435 e. The van der Waals surface area contributed by atoms with Gasteiger partial charge >= 0.3 is 6.18 Å². The van der Waals surface area contributed by atoms with E-state index >= 15 is 0 Å². The SMILES string of the molecule is C[C@@]1(c2cc(CC(=O)c3cnc(-n4ccc(C(F)(F)F)n4)cn3)ccc2F)CCSC(N)=N1. The number of halogens is 4. The summed E-state index contributed by atoms with van der Waals surface area (Å²) in [5.41, 5.74) is 4.89. The van der Waals surface area contributed by atoms with Gasteiger partial charge in [0.05, 0.1) is 17.9 Å². The largest absolute Gasteiger partial charge is 0.435 e. The Bertz CT molecular complexity index is 1220. The predicted molar refractivity (Wildman–Crippen MR) is 115 cm³/mol. The molecule has 0 amide bonds. The maximum absolute atomic E-state index is 14.6. The Morgan fingerprint density at radius 2 is 2.03 bits per heavy atom. The van der Waals surface area contributed by atoms with Crippen molar-refractivity contribution >= 4 is 22.7 Å². The summed E-state index contributed by atoms with van der Waals surface area (Å²) in [6.07, 6.45) is -0.605. The van der Waals surface area contributed by atoms with Crippen molar-refractivity contribution in [1.82, 2.24) is 19.7 Å². The van der Waals surface area contributed by atoms with E-state index in [2.05, 4.69) is 20.1 Å². The highest BCUT2D eigenvalue weighted by molar-refractivity contribution is 8.13. The molecule has 2 N–H and O–H groups in total. The lowest BCUT2D eigenvalue weighted by molar-refractivity contribution is -0.141. The molecule has 0 saturated carbocycles. The van der Waals surface area contributed by atoms with Gasteiger partial charge in [0, 0.05) is 23.9 Å². The molecule has 33 heavy (non-hydrogen) atoms. The molecule has 3 heterocycles. The first-order valence-electron chi connectivity index (χ1n) is 9.81. The van der Waals surface area contributed by atoms with Crippen LogP contribution in [0.2, 0.25) is 0 Å². The summed E-state index contributed by atoms with van der Waals surface area (Å²) < 4.78 is 53.6. The van der Waals surface area contributed by atoms with Crippen LogP contribution in [0.4, 0.5) is 17.6 Å². The number of rotatable bonds is 5. The number of carbonyl (C=O) groups excluding carboxylic acids is 1. The Kier molecular flexibility index (Phi) is 5.95. The van der Waals surface area contributed by atoms with Crippen molar-refractivity contribution in [3.05, 3.63) is 71.2 Å². The monoisotopic (exact) mass is 478 g/mol. The topological polar surface area (TPSA) is 99.0 Å². The van der Waals surface area contributed by atoms with E-state index in [1.807, 2.05) is 0 Å². The third-order valence-electron chi connectivity index (χ3n) is 5.21. The third-order valence-corrected chi connectivity index (χ3v) is 6.00. The molecule has 0 bridgehead atoms. The number of alkyl halides is 3. The van der Waals surface area contributed by atoms with Gasteiger partial charge in [-0.25, -0.2) is 19.0 Å². The van der Waals surface area contributed by atoms with Crippen LogP contribution in [0.3, 0.4) is 0 Å². The van der Waals surface area contributed by atoms with Gasteiger partial charge in [0.1, 0.15) is 11.5 Å². The first kappa shape index (κ1) is 22.9. The van der Waals surface area contributed by atoms with E-state index in [0.717, 1.165) is 23.1 Å². The predicted octanol–water partition coefficient (Wildman–Crippen LogP) is 3.91. The van der Waals surface area contributed by atoms with Crippen molar-refractivity contribution in [2.24, 2.45) is 10.7 Å². The van der Waals surface area contributed by atoms with Crippen molar-refractivity contribution in [2.45, 2.75) is 31.5 Å². The first-order valence-corrected chi connectivity index (χ1v) is 10.8. The van der Waals surface area contributed by atoms with Crippen molar-refractivity contribution in [3.8, 4) is 5.82 Å². The average Bonchev–Trinajstić information content (AvgIpc) is 3.26. The van der Waals surface area contributed by atoms with Crippen LogP contribution in [0.25, 0.3) is 5.82 Å². The average molecular weight is 478 g/mol. The van der Waals surface area contributed by atoms with Gasteiger partial charge in [0.2, 0.25) is 0 Å². The molecular formula is C21H18F4N6OS. The summed E-state index contributed by atoms with van der Waals surface area (Å²) >= 11 is 1.41. The number of Topliss-reactive ketones (excluding diaryl/α,β-unsaturated/α-hetero) is 1. The minimum absolute atomic E-state index is 0.0235. The second kappa shape index (κ2) is 8.58. The highest BCUT2D eigenvalue weighted by Gasteiger charge is 2.34. The maximum atomic E-state index is 14.6. The summed E-state index contributed by atoms with van der Waals surface area (Å²) in [6, 6.07) is 5.22. The lowest BCUT2D eigenvalue weighted by atomic mass is 9.87. The molecular weight excluding hydrogens is 460 g/mol. The fourth-order valence-electron chi connectivity index (χ4n) is 3.44. The molecule has 12 heteroatoms. The molecule has 0 spiro atoms. The summed E-state index contributed by atoms with van der Waals surface area (Å²) in [5.74, 6) is -0.0734. The van der Waals surface area contributed by atoms with Crippen molar-refractivity contribution in [2.75, 3.05) is 5.75 Å². The van der Waals surface area contributed by atoms with Crippen LogP contribution in [-0.4, -0.2) is 36.5 Å². The molecule has 172 valence electrons. The quantitative estimate of drug-likeness (QED) is 0.441. The zero-order valence-corrected chi connectivity index (χ0v) is 18.1. The Morgan fingerprint density at radius 1 is 1.24 bits per heavy atom. The number of amidine groups is 1. The normalized spacial score (nSPS) is 18.8. The molecule has 7 nitrogen and oxygen atoms in total. The number of nitrogens with zero attached hydrogens (tertiary/aromatic N) is 5. The summed E-state index contributed by atoms with van der Waals surface area (Å²) in [4.78, 5) is 25.1. The number of thioether (sulfide) groups is 1. The number of ketones is 1. The second-order valence-corrected chi connectivity index (χ2v) is 8.75. The number of benzene rings is 1. The number of aromatic nitrogens is 4. The lowest BCUT2D eigenvalue weighted by Crippen LogP contribution is -2.29. The van der Waals surface area contributed by atoms with Crippen molar-refractivity contribution in [1.29, 1.82) is 0 Å². The number of hydrogen-bond donors (Lipinski definition) is 1. The molecule has 0 saturated heterocycles. The molecule has 1 aliphatic heterocycles. The zero-order chi connectivity index (χ0) is 23.8. The van der Waals surface area contributed by atoms with Gasteiger partial charge in [-0.05, 0) is 37.1 Å². The van der Waals surface area contributed by atoms with Crippen LogP contribution < -0.4 is 5.73 Å². The van der Waals surface area contributed by atoms with Gasteiger partial charge in [-0.2, -0.15) is 18.3 Å². The van der Waals surface area contributed by atoms with Crippen LogP contribution in [0.5, 0.6) is 0 Å². The first-order chi connectivity index (χ1) is 15.5. The van der Waals surface area contributed by atoms with E-state index < -0.39 is 23.2 Å². The molecule has 1 aliphatic rings. The summed E-state index contributed by atoms with van der Waals surface area (Å²) in [7, 11) is 0. The van der Waals surface area contributed by atoms with Crippen LogP contribution in [-0.2, 0) is 18.1 Å². The minimum Gasteiger partial charge on any atom is -0.379 e. The molecule has 2 aromatic heterocycles. The van der Waals surface area contributed by atoms with Gasteiger partial charge in [0.25, 0.3) is 0 Å². The van der Waals surface area contributed by atoms with E-state index in [0.29, 0.717) is 28.5 Å². The smallest absolute Gasteiger partial charge is 0.379 e. The van der Waals surface area contributed by atoms with E-state index in [9.17, 15) is 22.4 Å². The second-order valence-electron chi connectivity index (χ2n) is 7.64. The number of aliphatic imine (C=N–C) groups is 1. The highest BCUT2D eigenvalue weighted by atomic mass is 32.2.